The van der Waals surface area contributed by atoms with Crippen molar-refractivity contribution in [3.05, 3.63) is 108 Å². The van der Waals surface area contributed by atoms with Crippen LogP contribution in [0.5, 0.6) is 5.75 Å². The van der Waals surface area contributed by atoms with E-state index >= 15 is 0 Å². The van der Waals surface area contributed by atoms with Gasteiger partial charge in [0.15, 0.2) is 0 Å². The van der Waals surface area contributed by atoms with Crippen molar-refractivity contribution in [2.45, 2.75) is 18.4 Å². The maximum Gasteiger partial charge on any atom is 0.338 e. The number of sulfonamides is 1. The van der Waals surface area contributed by atoms with E-state index in [1.165, 1.54) is 6.20 Å². The van der Waals surface area contributed by atoms with E-state index < -0.39 is 33.2 Å². The van der Waals surface area contributed by atoms with Crippen molar-refractivity contribution in [2.24, 2.45) is 5.14 Å². The summed E-state index contributed by atoms with van der Waals surface area (Å²) in [6.07, 6.45) is 4.72. The number of rotatable bonds is 8. The molecule has 2 aromatic heterocycles. The molecule has 5 rings (SSSR count). The molecule has 0 aliphatic heterocycles. The minimum atomic E-state index is -4.46. The number of fused-ring (bicyclic) bond motifs is 1. The minimum absolute atomic E-state index is 0.244. The fourth-order valence-corrected chi connectivity index (χ4v) is 5.25. The molecule has 2 N–H and O–H groups in total. The Kier molecular flexibility index (Phi) is 7.73. The van der Waals surface area contributed by atoms with Crippen LogP contribution in [0.4, 0.5) is 8.78 Å². The summed E-state index contributed by atoms with van der Waals surface area (Å²) < 4.78 is 62.5. The van der Waals surface area contributed by atoms with Crippen LogP contribution in [0.3, 0.4) is 0 Å². The third-order valence-electron chi connectivity index (χ3n) is 6.26. The maximum atomic E-state index is 14.2. The van der Waals surface area contributed by atoms with Crippen LogP contribution in [0.2, 0.25) is 0 Å². The number of aromatic nitrogens is 2. The molecule has 11 heteroatoms. The molecule has 0 aliphatic rings. The third kappa shape index (κ3) is 6.06. The van der Waals surface area contributed by atoms with E-state index in [2.05, 4.69) is 9.97 Å². The molecule has 0 amide bonds. The highest BCUT2D eigenvalue weighted by molar-refractivity contribution is 7.89. The molecule has 0 radical (unpaired) electrons. The summed E-state index contributed by atoms with van der Waals surface area (Å²) in [6, 6.07) is 17.6. The Morgan fingerprint density at radius 1 is 0.927 bits per heavy atom. The molecule has 208 valence electrons. The zero-order chi connectivity index (χ0) is 29.1. The van der Waals surface area contributed by atoms with Crippen molar-refractivity contribution < 1.29 is 31.5 Å². The van der Waals surface area contributed by atoms with Gasteiger partial charge in [-0.15, -0.1) is 0 Å². The fraction of sp³-hybridized carbons (Fsp3) is 0.100. The molecule has 8 nitrogen and oxygen atoms in total. The maximum absolute atomic E-state index is 14.2. The first-order valence-electron chi connectivity index (χ1n) is 12.4. The normalized spacial score (nSPS) is 11.4. The van der Waals surface area contributed by atoms with E-state index in [1.807, 2.05) is 36.4 Å². The summed E-state index contributed by atoms with van der Waals surface area (Å²) in [4.78, 5) is 19.9. The highest BCUT2D eigenvalue weighted by atomic mass is 32.2. The molecule has 0 spiro atoms. The van der Waals surface area contributed by atoms with E-state index in [4.69, 9.17) is 14.6 Å². The van der Waals surface area contributed by atoms with Gasteiger partial charge in [0, 0.05) is 35.0 Å². The van der Waals surface area contributed by atoms with Crippen molar-refractivity contribution in [3.8, 4) is 28.0 Å². The average Bonchev–Trinajstić information content (AvgIpc) is 2.95. The lowest BCUT2D eigenvalue weighted by Gasteiger charge is -2.12. The number of nitrogens with zero attached hydrogens (tertiary/aromatic N) is 2. The van der Waals surface area contributed by atoms with E-state index in [0.29, 0.717) is 23.8 Å². The summed E-state index contributed by atoms with van der Waals surface area (Å²) in [5.74, 6) is -2.40. The van der Waals surface area contributed by atoms with Crippen molar-refractivity contribution >= 4 is 26.9 Å². The van der Waals surface area contributed by atoms with E-state index in [9.17, 15) is 22.0 Å². The second-order valence-corrected chi connectivity index (χ2v) is 10.5. The Morgan fingerprint density at radius 2 is 1.68 bits per heavy atom. The lowest BCUT2D eigenvalue weighted by atomic mass is 9.97. The van der Waals surface area contributed by atoms with E-state index in [-0.39, 0.29) is 17.3 Å². The number of benzene rings is 3. The van der Waals surface area contributed by atoms with Gasteiger partial charge in [-0.3, -0.25) is 9.97 Å². The van der Waals surface area contributed by atoms with Crippen LogP contribution in [0.15, 0.2) is 90.2 Å². The van der Waals surface area contributed by atoms with Gasteiger partial charge in [-0.1, -0.05) is 18.2 Å². The summed E-state index contributed by atoms with van der Waals surface area (Å²) in [7, 11) is -4.46. The topological polar surface area (TPSA) is 121 Å². The number of ether oxygens (including phenoxy) is 2. The Bertz CT molecular complexity index is 1880. The molecular formula is C30H23F2N3O5S. The quantitative estimate of drug-likeness (QED) is 0.238. The lowest BCUT2D eigenvalue weighted by Crippen LogP contribution is -2.18. The Morgan fingerprint density at radius 3 is 2.41 bits per heavy atom. The van der Waals surface area contributed by atoms with Crippen LogP contribution in [-0.2, 0) is 21.4 Å². The number of primary sulfonamides is 1. The van der Waals surface area contributed by atoms with Crippen LogP contribution < -0.4 is 9.88 Å². The van der Waals surface area contributed by atoms with Crippen LogP contribution in [-0.4, -0.2) is 31.0 Å². The van der Waals surface area contributed by atoms with Gasteiger partial charge in [-0.05, 0) is 66.1 Å². The van der Waals surface area contributed by atoms with Crippen molar-refractivity contribution in [1.29, 1.82) is 0 Å². The van der Waals surface area contributed by atoms with Gasteiger partial charge < -0.3 is 9.47 Å². The van der Waals surface area contributed by atoms with Gasteiger partial charge in [-0.25, -0.2) is 27.1 Å². The first-order valence-corrected chi connectivity index (χ1v) is 13.9. The number of carbonyl (C=O) groups is 1. The van der Waals surface area contributed by atoms with Crippen molar-refractivity contribution in [3.63, 3.8) is 0 Å². The standard InChI is InChI=1S/C30H23F2N3O5S/c1-2-39-30(36)19-5-3-18(4-6-19)25-9-10-35-28-8-7-20(13-26(25)28)21-12-24(16-34-15-21)40-17-22-11-23(31)14-27(32)29(22)41(33,37)38/h3-16H,2,17H2,1H3,(H2,33,37,38). The molecule has 2 heterocycles. The lowest BCUT2D eigenvalue weighted by molar-refractivity contribution is 0.0526. The SMILES string of the molecule is CCOC(=O)c1ccc(-c2ccnc3ccc(-c4cncc(OCc5cc(F)cc(F)c5S(N)(=O)=O)c4)cc23)cc1. The number of hydrogen-bond donors (Lipinski definition) is 1. The molecular weight excluding hydrogens is 552 g/mol. The summed E-state index contributed by atoms with van der Waals surface area (Å²) in [5.41, 5.74) is 4.19. The fourth-order valence-electron chi connectivity index (χ4n) is 4.43. The zero-order valence-corrected chi connectivity index (χ0v) is 22.5. The monoisotopic (exact) mass is 575 g/mol. The molecule has 5 aromatic rings. The Labute approximate surface area is 234 Å². The van der Waals surface area contributed by atoms with Gasteiger partial charge in [0.25, 0.3) is 0 Å². The predicted octanol–water partition coefficient (Wildman–Crippen LogP) is 5.65. The predicted molar refractivity (Wildman–Crippen MR) is 148 cm³/mol. The van der Waals surface area contributed by atoms with Gasteiger partial charge in [0.2, 0.25) is 10.0 Å². The number of halogens is 2. The largest absolute Gasteiger partial charge is 0.487 e. The van der Waals surface area contributed by atoms with Crippen LogP contribution in [0.25, 0.3) is 33.2 Å². The number of esters is 1. The molecule has 41 heavy (non-hydrogen) atoms. The van der Waals surface area contributed by atoms with Gasteiger partial charge in [-0.2, -0.15) is 0 Å². The number of nitrogens with two attached hydrogens (primary N) is 1. The number of pyridine rings is 2. The molecule has 0 fully saturated rings. The Balaban J connectivity index is 1.45. The van der Waals surface area contributed by atoms with Crippen LogP contribution >= 0.6 is 0 Å². The second kappa shape index (κ2) is 11.4. The molecule has 0 unspecified atom stereocenters. The molecule has 0 atom stereocenters. The molecule has 0 saturated carbocycles. The number of hydrogen-bond acceptors (Lipinski definition) is 7. The van der Waals surface area contributed by atoms with E-state index in [0.717, 1.165) is 33.7 Å². The van der Waals surface area contributed by atoms with Gasteiger partial charge >= 0.3 is 5.97 Å². The molecule has 0 bridgehead atoms. The number of carbonyl (C=O) groups excluding carboxylic acids is 1. The highest BCUT2D eigenvalue weighted by Crippen LogP contribution is 2.32. The van der Waals surface area contributed by atoms with Gasteiger partial charge in [0.05, 0.1) is 23.9 Å². The molecule has 0 aliphatic carbocycles. The van der Waals surface area contributed by atoms with Crippen molar-refractivity contribution in [1.82, 2.24) is 9.97 Å². The smallest absolute Gasteiger partial charge is 0.338 e. The average molecular weight is 576 g/mol. The second-order valence-electron chi connectivity index (χ2n) is 9.01. The van der Waals surface area contributed by atoms with Crippen molar-refractivity contribution in [2.75, 3.05) is 6.61 Å². The summed E-state index contributed by atoms with van der Waals surface area (Å²) >= 11 is 0. The third-order valence-corrected chi connectivity index (χ3v) is 7.29. The van der Waals surface area contributed by atoms with Gasteiger partial charge in [0.1, 0.15) is 28.9 Å². The zero-order valence-electron chi connectivity index (χ0n) is 21.7. The molecule has 3 aromatic carbocycles. The van der Waals surface area contributed by atoms with Crippen LogP contribution in [0, 0.1) is 11.6 Å². The molecule has 0 saturated heterocycles. The first-order chi connectivity index (χ1) is 19.6. The highest BCUT2D eigenvalue weighted by Gasteiger charge is 2.21. The minimum Gasteiger partial charge on any atom is -0.487 e. The first kappa shape index (κ1) is 27.8. The van der Waals surface area contributed by atoms with E-state index in [1.54, 1.807) is 37.5 Å². The Hall–Kier alpha value is -4.74. The van der Waals surface area contributed by atoms with Crippen LogP contribution in [0.1, 0.15) is 22.8 Å². The summed E-state index contributed by atoms with van der Waals surface area (Å²) in [6.45, 7) is 1.58. The summed E-state index contributed by atoms with van der Waals surface area (Å²) in [5, 5.41) is 5.98.